The van der Waals surface area contributed by atoms with E-state index < -0.39 is 0 Å². The first-order chi connectivity index (χ1) is 14.2. The van der Waals surface area contributed by atoms with Crippen LogP contribution in [0.3, 0.4) is 0 Å². The number of anilines is 2. The number of ether oxygens (including phenoxy) is 1. The van der Waals surface area contributed by atoms with Crippen LogP contribution in [0.4, 0.5) is 16.4 Å². The average Bonchev–Trinajstić information content (AvgIpc) is 3.19. The largest absolute Gasteiger partial charge is 0.474 e. The molecule has 0 spiro atoms. The Morgan fingerprint density at radius 3 is 2.59 bits per heavy atom. The number of likely N-dealkylation sites (tertiary alicyclic amines) is 1. The second-order valence-electron chi connectivity index (χ2n) is 6.96. The fourth-order valence-electron chi connectivity index (χ4n) is 3.13. The van der Waals surface area contributed by atoms with Gasteiger partial charge >= 0.3 is 6.03 Å². The molecule has 0 atom stereocenters. The normalized spacial score (nSPS) is 15.1. The van der Waals surface area contributed by atoms with Crippen molar-refractivity contribution in [3.8, 4) is 16.5 Å². The summed E-state index contributed by atoms with van der Waals surface area (Å²) in [5.41, 5.74) is 1.02. The Morgan fingerprint density at radius 1 is 1.03 bits per heavy atom. The molecule has 0 aliphatic carbocycles. The summed E-state index contributed by atoms with van der Waals surface area (Å²) in [5, 5.41) is 8.16. The second kappa shape index (κ2) is 9.02. The van der Waals surface area contributed by atoms with Gasteiger partial charge in [0.2, 0.25) is 5.88 Å². The van der Waals surface area contributed by atoms with Gasteiger partial charge < -0.3 is 9.64 Å². The van der Waals surface area contributed by atoms with Crippen LogP contribution in [0, 0.1) is 0 Å². The molecule has 8 heteroatoms. The lowest BCUT2D eigenvalue weighted by Gasteiger charge is -2.28. The van der Waals surface area contributed by atoms with Crippen molar-refractivity contribution in [3.63, 3.8) is 0 Å². The standard InChI is InChI=1S/C21H23N5O2S/c1-26-12-10-16(11-13-26)28-19-9-5-8-17(22-19)24-21(27)25-18-14-29-20(23-18)15-6-3-2-4-7-15/h2-9,14,16H,10-13H2,1H3,(H2,22,24,25,27). The molecule has 0 unspecified atom stereocenters. The molecule has 1 saturated heterocycles. The number of benzene rings is 1. The van der Waals surface area contributed by atoms with Gasteiger partial charge in [0.15, 0.2) is 0 Å². The summed E-state index contributed by atoms with van der Waals surface area (Å²) in [6, 6.07) is 14.8. The van der Waals surface area contributed by atoms with Crippen molar-refractivity contribution in [1.82, 2.24) is 14.9 Å². The van der Waals surface area contributed by atoms with Crippen LogP contribution in [0.15, 0.2) is 53.9 Å². The van der Waals surface area contributed by atoms with Crippen LogP contribution in [-0.4, -0.2) is 47.1 Å². The highest BCUT2D eigenvalue weighted by atomic mass is 32.1. The minimum atomic E-state index is -0.390. The topological polar surface area (TPSA) is 79.4 Å². The van der Waals surface area contributed by atoms with Gasteiger partial charge in [0.05, 0.1) is 0 Å². The first-order valence-electron chi connectivity index (χ1n) is 9.57. The van der Waals surface area contributed by atoms with E-state index in [1.165, 1.54) is 11.3 Å². The van der Waals surface area contributed by atoms with E-state index in [-0.39, 0.29) is 12.1 Å². The molecule has 0 bridgehead atoms. The zero-order valence-corrected chi connectivity index (χ0v) is 17.0. The molecule has 0 radical (unpaired) electrons. The van der Waals surface area contributed by atoms with Crippen LogP contribution in [0.25, 0.3) is 10.6 Å². The molecule has 1 fully saturated rings. The van der Waals surface area contributed by atoms with Crippen molar-refractivity contribution in [2.45, 2.75) is 18.9 Å². The van der Waals surface area contributed by atoms with E-state index in [9.17, 15) is 4.79 Å². The minimum absolute atomic E-state index is 0.161. The number of nitrogens with zero attached hydrogens (tertiary/aromatic N) is 3. The molecule has 7 nitrogen and oxygen atoms in total. The number of thiazole rings is 1. The Kier molecular flexibility index (Phi) is 6.02. The zero-order valence-electron chi connectivity index (χ0n) is 16.2. The van der Waals surface area contributed by atoms with Crippen LogP contribution in [0.5, 0.6) is 5.88 Å². The van der Waals surface area contributed by atoms with Crippen LogP contribution < -0.4 is 15.4 Å². The van der Waals surface area contributed by atoms with Gasteiger partial charge in [-0.05, 0) is 26.0 Å². The smallest absolute Gasteiger partial charge is 0.326 e. The number of nitrogens with one attached hydrogen (secondary N) is 2. The first kappa shape index (κ1) is 19.4. The number of piperidine rings is 1. The van der Waals surface area contributed by atoms with Crippen molar-refractivity contribution in [1.29, 1.82) is 0 Å². The van der Waals surface area contributed by atoms with Crippen molar-refractivity contribution in [2.24, 2.45) is 0 Å². The zero-order chi connectivity index (χ0) is 20.1. The maximum atomic E-state index is 12.3. The molecule has 150 valence electrons. The highest BCUT2D eigenvalue weighted by Gasteiger charge is 2.18. The van der Waals surface area contributed by atoms with Gasteiger partial charge in [-0.2, -0.15) is 4.98 Å². The number of aromatic nitrogens is 2. The number of carbonyl (C=O) groups excluding carboxylic acids is 1. The van der Waals surface area contributed by atoms with Gasteiger partial charge in [0, 0.05) is 30.1 Å². The predicted octanol–water partition coefficient (Wildman–Crippen LogP) is 4.32. The molecular weight excluding hydrogens is 386 g/mol. The molecule has 0 saturated carbocycles. The van der Waals surface area contributed by atoms with E-state index in [0.29, 0.717) is 17.5 Å². The van der Waals surface area contributed by atoms with Crippen molar-refractivity contribution in [2.75, 3.05) is 30.8 Å². The number of hydrogen-bond acceptors (Lipinski definition) is 6. The highest BCUT2D eigenvalue weighted by Crippen LogP contribution is 2.25. The Hall–Kier alpha value is -2.97. The highest BCUT2D eigenvalue weighted by molar-refractivity contribution is 7.13. The van der Waals surface area contributed by atoms with Crippen molar-refractivity contribution in [3.05, 3.63) is 53.9 Å². The number of urea groups is 1. The molecule has 29 heavy (non-hydrogen) atoms. The molecule has 1 aliphatic rings. The molecule has 1 aliphatic heterocycles. The average molecular weight is 410 g/mol. The molecule has 2 amide bonds. The van der Waals surface area contributed by atoms with E-state index in [1.807, 2.05) is 47.8 Å². The summed E-state index contributed by atoms with van der Waals surface area (Å²) < 4.78 is 5.98. The van der Waals surface area contributed by atoms with Crippen LogP contribution in [-0.2, 0) is 0 Å². The lowest BCUT2D eigenvalue weighted by atomic mass is 10.1. The van der Waals surface area contributed by atoms with Gasteiger partial charge in [0.25, 0.3) is 0 Å². The Balaban J connectivity index is 1.33. The first-order valence-corrected chi connectivity index (χ1v) is 10.4. The molecule has 4 rings (SSSR count). The maximum Gasteiger partial charge on any atom is 0.326 e. The summed E-state index contributed by atoms with van der Waals surface area (Å²) in [5.74, 6) is 1.47. The van der Waals surface area contributed by atoms with E-state index in [2.05, 4.69) is 32.5 Å². The number of amides is 2. The Morgan fingerprint density at radius 2 is 1.79 bits per heavy atom. The van der Waals surface area contributed by atoms with E-state index >= 15 is 0 Å². The van der Waals surface area contributed by atoms with Gasteiger partial charge in [-0.1, -0.05) is 36.4 Å². The van der Waals surface area contributed by atoms with Crippen LogP contribution in [0.1, 0.15) is 12.8 Å². The van der Waals surface area contributed by atoms with Gasteiger partial charge in [-0.3, -0.25) is 10.6 Å². The third-order valence-electron chi connectivity index (χ3n) is 4.68. The third-order valence-corrected chi connectivity index (χ3v) is 5.58. The molecular formula is C21H23N5O2S. The minimum Gasteiger partial charge on any atom is -0.474 e. The Bertz CT molecular complexity index is 954. The van der Waals surface area contributed by atoms with Gasteiger partial charge in [0.1, 0.15) is 22.7 Å². The van der Waals surface area contributed by atoms with Crippen molar-refractivity contribution >= 4 is 29.0 Å². The number of carbonyl (C=O) groups is 1. The third kappa shape index (κ3) is 5.30. The molecule has 3 aromatic rings. The van der Waals surface area contributed by atoms with E-state index in [0.717, 1.165) is 36.5 Å². The predicted molar refractivity (Wildman–Crippen MR) is 116 cm³/mol. The monoisotopic (exact) mass is 409 g/mol. The van der Waals surface area contributed by atoms with E-state index in [4.69, 9.17) is 4.74 Å². The molecule has 2 N–H and O–H groups in total. The summed E-state index contributed by atoms with van der Waals surface area (Å²) in [6.07, 6.45) is 2.11. The van der Waals surface area contributed by atoms with E-state index in [1.54, 1.807) is 6.07 Å². The summed E-state index contributed by atoms with van der Waals surface area (Å²) in [6.45, 7) is 2.03. The Labute approximate surface area is 173 Å². The second-order valence-corrected chi connectivity index (χ2v) is 7.82. The number of hydrogen-bond donors (Lipinski definition) is 2. The van der Waals surface area contributed by atoms with Gasteiger partial charge in [-0.25, -0.2) is 9.78 Å². The SMILES string of the molecule is CN1CCC(Oc2cccc(NC(=O)Nc3csc(-c4ccccc4)n3)n2)CC1. The molecule has 2 aromatic heterocycles. The van der Waals surface area contributed by atoms with Crippen molar-refractivity contribution < 1.29 is 9.53 Å². The van der Waals surface area contributed by atoms with Gasteiger partial charge in [-0.15, -0.1) is 11.3 Å². The maximum absolute atomic E-state index is 12.3. The van der Waals surface area contributed by atoms with Crippen LogP contribution >= 0.6 is 11.3 Å². The number of pyridine rings is 1. The lowest BCUT2D eigenvalue weighted by molar-refractivity contribution is 0.110. The summed E-state index contributed by atoms with van der Waals surface area (Å²) >= 11 is 1.48. The quantitative estimate of drug-likeness (QED) is 0.656. The summed E-state index contributed by atoms with van der Waals surface area (Å²) in [4.78, 5) is 23.5. The van der Waals surface area contributed by atoms with Crippen LogP contribution in [0.2, 0.25) is 0 Å². The molecule has 3 heterocycles. The fourth-order valence-corrected chi connectivity index (χ4v) is 3.89. The molecule has 1 aromatic carbocycles. The fraction of sp³-hybridized carbons (Fsp3) is 0.286. The lowest BCUT2D eigenvalue weighted by Crippen LogP contribution is -2.35. The summed E-state index contributed by atoms with van der Waals surface area (Å²) in [7, 11) is 2.11. The number of rotatable bonds is 5.